The van der Waals surface area contributed by atoms with Crippen LogP contribution in [-0.2, 0) is 0 Å². The summed E-state index contributed by atoms with van der Waals surface area (Å²) in [6.07, 6.45) is 2.67. The Balaban J connectivity index is 2.46. The zero-order valence-electron chi connectivity index (χ0n) is 8.28. The first-order valence-electron chi connectivity index (χ1n) is 4.75. The first kappa shape index (κ1) is 9.05. The minimum Gasteiger partial charge on any atom is -0.314 e. The van der Waals surface area contributed by atoms with Crippen molar-refractivity contribution >= 4 is 0 Å². The molecule has 11 heavy (non-hydrogen) atoms. The van der Waals surface area contributed by atoms with Gasteiger partial charge in [0.15, 0.2) is 0 Å². The molecule has 1 saturated heterocycles. The molecule has 1 aliphatic heterocycles. The van der Waals surface area contributed by atoms with Crippen LogP contribution >= 0.6 is 0 Å². The summed E-state index contributed by atoms with van der Waals surface area (Å²) in [5, 5.41) is 3.57. The van der Waals surface area contributed by atoms with E-state index in [-0.39, 0.29) is 0 Å². The van der Waals surface area contributed by atoms with E-state index in [2.05, 4.69) is 33.0 Å². The molecule has 0 saturated carbocycles. The van der Waals surface area contributed by atoms with E-state index in [4.69, 9.17) is 0 Å². The van der Waals surface area contributed by atoms with Crippen molar-refractivity contribution in [1.29, 1.82) is 0 Å². The third kappa shape index (κ3) is 2.48. The van der Waals surface area contributed by atoms with Gasteiger partial charge in [0.2, 0.25) is 0 Å². The van der Waals surface area contributed by atoms with Gasteiger partial charge < -0.3 is 5.32 Å². The fraction of sp³-hybridized carbons (Fsp3) is 1.00. The Kier molecular flexibility index (Phi) is 2.58. The molecule has 0 radical (unpaired) electrons. The highest BCUT2D eigenvalue weighted by atomic mass is 14.9. The van der Waals surface area contributed by atoms with Crippen molar-refractivity contribution in [2.45, 2.75) is 46.6 Å². The average molecular weight is 155 g/mol. The van der Waals surface area contributed by atoms with Crippen molar-refractivity contribution in [3.05, 3.63) is 0 Å². The van der Waals surface area contributed by atoms with E-state index >= 15 is 0 Å². The molecule has 0 spiro atoms. The lowest BCUT2D eigenvalue weighted by Crippen LogP contribution is -2.44. The summed E-state index contributed by atoms with van der Waals surface area (Å²) in [5.74, 6) is 0.787. The maximum atomic E-state index is 3.57. The van der Waals surface area contributed by atoms with E-state index in [1.54, 1.807) is 0 Å². The van der Waals surface area contributed by atoms with Gasteiger partial charge in [0.05, 0.1) is 0 Å². The predicted octanol–water partition coefficient (Wildman–Crippen LogP) is 2.42. The van der Waals surface area contributed by atoms with Crippen molar-refractivity contribution < 1.29 is 0 Å². The number of hydrogen-bond acceptors (Lipinski definition) is 1. The SMILES string of the molecule is CC(C)C1CC(C)(C)CCN1. The van der Waals surface area contributed by atoms with Crippen LogP contribution in [0.4, 0.5) is 0 Å². The first-order valence-corrected chi connectivity index (χ1v) is 4.75. The fourth-order valence-electron chi connectivity index (χ4n) is 1.84. The maximum absolute atomic E-state index is 3.57. The second kappa shape index (κ2) is 3.14. The van der Waals surface area contributed by atoms with E-state index in [1.807, 2.05) is 0 Å². The maximum Gasteiger partial charge on any atom is 0.00951 e. The number of piperidine rings is 1. The van der Waals surface area contributed by atoms with Crippen LogP contribution in [0.3, 0.4) is 0 Å². The zero-order valence-corrected chi connectivity index (χ0v) is 8.28. The number of rotatable bonds is 1. The molecule has 0 aromatic carbocycles. The first-order chi connectivity index (χ1) is 5.01. The van der Waals surface area contributed by atoms with Crippen LogP contribution < -0.4 is 5.32 Å². The van der Waals surface area contributed by atoms with Crippen LogP contribution in [0, 0.1) is 11.3 Å². The largest absolute Gasteiger partial charge is 0.314 e. The second-order valence-electron chi connectivity index (χ2n) is 4.92. The Labute approximate surface area is 70.6 Å². The van der Waals surface area contributed by atoms with Gasteiger partial charge in [0.1, 0.15) is 0 Å². The van der Waals surface area contributed by atoms with Gasteiger partial charge in [-0.05, 0) is 30.7 Å². The van der Waals surface area contributed by atoms with Crippen molar-refractivity contribution in [1.82, 2.24) is 5.32 Å². The van der Waals surface area contributed by atoms with Gasteiger partial charge in [-0.2, -0.15) is 0 Å². The molecular weight excluding hydrogens is 134 g/mol. The molecule has 1 fully saturated rings. The number of hydrogen-bond donors (Lipinski definition) is 1. The normalized spacial score (nSPS) is 30.8. The third-order valence-electron chi connectivity index (χ3n) is 2.79. The summed E-state index contributed by atoms with van der Waals surface area (Å²) in [6.45, 7) is 10.6. The summed E-state index contributed by atoms with van der Waals surface area (Å²) in [5.41, 5.74) is 0.570. The summed E-state index contributed by atoms with van der Waals surface area (Å²) in [7, 11) is 0. The highest BCUT2D eigenvalue weighted by Gasteiger charge is 2.28. The van der Waals surface area contributed by atoms with Gasteiger partial charge in [-0.15, -0.1) is 0 Å². The van der Waals surface area contributed by atoms with Crippen molar-refractivity contribution in [2.75, 3.05) is 6.54 Å². The summed E-state index contributed by atoms with van der Waals surface area (Å²) < 4.78 is 0. The molecule has 1 heterocycles. The zero-order chi connectivity index (χ0) is 8.48. The Bertz CT molecular complexity index is 127. The highest BCUT2D eigenvalue weighted by molar-refractivity contribution is 4.85. The van der Waals surface area contributed by atoms with Gasteiger partial charge in [-0.1, -0.05) is 27.7 Å². The molecule has 1 nitrogen and oxygen atoms in total. The smallest absolute Gasteiger partial charge is 0.00951 e. The van der Waals surface area contributed by atoms with Crippen molar-refractivity contribution in [3.8, 4) is 0 Å². The molecular formula is C10H21N. The molecule has 0 amide bonds. The molecule has 1 heteroatoms. The summed E-state index contributed by atoms with van der Waals surface area (Å²) in [6, 6.07) is 0.749. The predicted molar refractivity (Wildman–Crippen MR) is 49.6 cm³/mol. The Hall–Kier alpha value is -0.0400. The lowest BCUT2D eigenvalue weighted by Gasteiger charge is -2.38. The van der Waals surface area contributed by atoms with Crippen LogP contribution in [-0.4, -0.2) is 12.6 Å². The quantitative estimate of drug-likeness (QED) is 0.613. The minimum absolute atomic E-state index is 0.570. The molecule has 1 aliphatic rings. The van der Waals surface area contributed by atoms with Crippen LogP contribution in [0.2, 0.25) is 0 Å². The lowest BCUT2D eigenvalue weighted by molar-refractivity contribution is 0.180. The standard InChI is InChI=1S/C10H21N/c1-8(2)9-7-10(3,4)5-6-11-9/h8-9,11H,5-7H2,1-4H3. The van der Waals surface area contributed by atoms with Gasteiger partial charge in [0.25, 0.3) is 0 Å². The van der Waals surface area contributed by atoms with E-state index < -0.39 is 0 Å². The molecule has 0 bridgehead atoms. The summed E-state index contributed by atoms with van der Waals surface area (Å²) in [4.78, 5) is 0. The van der Waals surface area contributed by atoms with E-state index in [0.29, 0.717) is 5.41 Å². The molecule has 66 valence electrons. The van der Waals surface area contributed by atoms with Gasteiger partial charge in [-0.3, -0.25) is 0 Å². The van der Waals surface area contributed by atoms with Gasteiger partial charge in [-0.25, -0.2) is 0 Å². The third-order valence-corrected chi connectivity index (χ3v) is 2.79. The summed E-state index contributed by atoms with van der Waals surface area (Å²) >= 11 is 0. The molecule has 1 unspecified atom stereocenters. The van der Waals surface area contributed by atoms with E-state index in [0.717, 1.165) is 12.0 Å². The molecule has 0 aliphatic carbocycles. The molecule has 0 aromatic heterocycles. The Morgan fingerprint density at radius 2 is 2.00 bits per heavy atom. The highest BCUT2D eigenvalue weighted by Crippen LogP contribution is 2.31. The van der Waals surface area contributed by atoms with Crippen LogP contribution in [0.5, 0.6) is 0 Å². The minimum atomic E-state index is 0.570. The van der Waals surface area contributed by atoms with Crippen LogP contribution in [0.25, 0.3) is 0 Å². The van der Waals surface area contributed by atoms with Crippen molar-refractivity contribution in [2.24, 2.45) is 11.3 Å². The van der Waals surface area contributed by atoms with Crippen molar-refractivity contribution in [3.63, 3.8) is 0 Å². The second-order valence-corrected chi connectivity index (χ2v) is 4.92. The molecule has 1 N–H and O–H groups in total. The lowest BCUT2D eigenvalue weighted by atomic mass is 9.77. The molecule has 1 atom stereocenters. The van der Waals surface area contributed by atoms with E-state index in [9.17, 15) is 0 Å². The van der Waals surface area contributed by atoms with Gasteiger partial charge in [0, 0.05) is 6.04 Å². The van der Waals surface area contributed by atoms with Gasteiger partial charge >= 0.3 is 0 Å². The average Bonchev–Trinajstić information content (AvgIpc) is 1.85. The monoisotopic (exact) mass is 155 g/mol. The topological polar surface area (TPSA) is 12.0 Å². The molecule has 1 rings (SSSR count). The molecule has 0 aromatic rings. The van der Waals surface area contributed by atoms with Crippen LogP contribution in [0.1, 0.15) is 40.5 Å². The fourth-order valence-corrected chi connectivity index (χ4v) is 1.84. The Morgan fingerprint density at radius 1 is 1.36 bits per heavy atom. The number of nitrogens with one attached hydrogen (secondary N) is 1. The van der Waals surface area contributed by atoms with E-state index in [1.165, 1.54) is 19.4 Å². The van der Waals surface area contributed by atoms with Crippen LogP contribution in [0.15, 0.2) is 0 Å². The Morgan fingerprint density at radius 3 is 2.36 bits per heavy atom.